The van der Waals surface area contributed by atoms with E-state index in [-0.39, 0.29) is 0 Å². The molecule has 1 unspecified atom stereocenters. The van der Waals surface area contributed by atoms with Gasteiger partial charge in [0.05, 0.1) is 6.04 Å². The van der Waals surface area contributed by atoms with Crippen LogP contribution < -0.4 is 0 Å². The van der Waals surface area contributed by atoms with Crippen molar-refractivity contribution in [3.63, 3.8) is 0 Å². The molecule has 0 bridgehead atoms. The van der Waals surface area contributed by atoms with Crippen LogP contribution >= 0.6 is 0 Å². The zero-order valence-corrected chi connectivity index (χ0v) is 14.6. The molecule has 0 saturated carbocycles. The smallest absolute Gasteiger partial charge is 0.115 e. The number of nitrogens with zero attached hydrogens (tertiary/aromatic N) is 3. The molecule has 118 valence electrons. The van der Waals surface area contributed by atoms with Crippen LogP contribution in [0.25, 0.3) is 0 Å². The first-order valence-corrected chi connectivity index (χ1v) is 7.54. The van der Waals surface area contributed by atoms with Gasteiger partial charge in [-0.1, -0.05) is 31.7 Å². The van der Waals surface area contributed by atoms with Crippen LogP contribution in [0.4, 0.5) is 0 Å². The Morgan fingerprint density at radius 1 is 1.29 bits per heavy atom. The highest BCUT2D eigenvalue weighted by molar-refractivity contribution is 5.86. The zero-order valence-electron chi connectivity index (χ0n) is 14.6. The first-order valence-electron chi connectivity index (χ1n) is 7.54. The van der Waals surface area contributed by atoms with E-state index in [1.165, 1.54) is 5.57 Å². The third-order valence-electron chi connectivity index (χ3n) is 3.55. The van der Waals surface area contributed by atoms with E-state index in [0.717, 1.165) is 25.2 Å². The molecule has 0 fully saturated rings. The molecule has 0 aromatic heterocycles. The first-order chi connectivity index (χ1) is 9.97. The summed E-state index contributed by atoms with van der Waals surface area (Å²) >= 11 is 0. The van der Waals surface area contributed by atoms with Crippen molar-refractivity contribution in [2.24, 2.45) is 4.99 Å². The Bertz CT molecular complexity index is 424. The topological polar surface area (TPSA) is 18.8 Å². The van der Waals surface area contributed by atoms with Gasteiger partial charge >= 0.3 is 0 Å². The van der Waals surface area contributed by atoms with Crippen LogP contribution in [0.3, 0.4) is 0 Å². The summed E-state index contributed by atoms with van der Waals surface area (Å²) in [6.07, 6.45) is 9.66. The standard InChI is InChI=1S/C18H31N3/c1-8-10-11-12-13-17(9-2)14-15-21(7)16(3)18(19-4)20(5)6/h8,10-12,16H,1,9,14-15H2,2-7H3/b11-10-,19-18+. The largest absolute Gasteiger partial charge is 0.365 e. The monoisotopic (exact) mass is 289 g/mol. The lowest BCUT2D eigenvalue weighted by atomic mass is 10.1. The highest BCUT2D eigenvalue weighted by Gasteiger charge is 2.16. The van der Waals surface area contributed by atoms with Gasteiger partial charge in [-0.2, -0.15) is 0 Å². The summed E-state index contributed by atoms with van der Waals surface area (Å²) in [5.74, 6) is 1.10. The highest BCUT2D eigenvalue weighted by atomic mass is 15.2. The van der Waals surface area contributed by atoms with E-state index in [0.29, 0.717) is 6.04 Å². The van der Waals surface area contributed by atoms with Gasteiger partial charge in [-0.15, -0.1) is 5.73 Å². The molecule has 0 aromatic carbocycles. The van der Waals surface area contributed by atoms with E-state index in [9.17, 15) is 0 Å². The quantitative estimate of drug-likeness (QED) is 0.295. The van der Waals surface area contributed by atoms with E-state index in [4.69, 9.17) is 0 Å². The second-order valence-electron chi connectivity index (χ2n) is 5.27. The number of aliphatic imine (C=N–C) groups is 1. The summed E-state index contributed by atoms with van der Waals surface area (Å²) in [4.78, 5) is 8.79. The predicted octanol–water partition coefficient (Wildman–Crippen LogP) is 3.52. The Morgan fingerprint density at radius 2 is 1.95 bits per heavy atom. The highest BCUT2D eigenvalue weighted by Crippen LogP contribution is 2.09. The van der Waals surface area contributed by atoms with E-state index in [1.54, 1.807) is 6.08 Å². The van der Waals surface area contributed by atoms with E-state index in [2.05, 4.69) is 48.0 Å². The van der Waals surface area contributed by atoms with Gasteiger partial charge in [0.25, 0.3) is 0 Å². The van der Waals surface area contributed by atoms with Crippen LogP contribution in [-0.4, -0.2) is 56.4 Å². The van der Waals surface area contributed by atoms with Gasteiger partial charge in [0.15, 0.2) is 0 Å². The number of rotatable bonds is 8. The van der Waals surface area contributed by atoms with Gasteiger partial charge in [0.1, 0.15) is 5.84 Å². The molecular weight excluding hydrogens is 258 g/mol. The van der Waals surface area contributed by atoms with Gasteiger partial charge in [-0.3, -0.25) is 9.89 Å². The van der Waals surface area contributed by atoms with E-state index < -0.39 is 0 Å². The van der Waals surface area contributed by atoms with Crippen LogP contribution in [0, 0.1) is 0 Å². The van der Waals surface area contributed by atoms with Crippen molar-refractivity contribution in [1.82, 2.24) is 9.80 Å². The third-order valence-corrected chi connectivity index (χ3v) is 3.55. The minimum absolute atomic E-state index is 0.313. The molecule has 3 heteroatoms. The maximum Gasteiger partial charge on any atom is 0.115 e. The van der Waals surface area contributed by atoms with Gasteiger partial charge in [-0.25, -0.2) is 0 Å². The second kappa shape index (κ2) is 11.1. The fourth-order valence-corrected chi connectivity index (χ4v) is 2.11. The number of allylic oxidation sites excluding steroid dienone is 3. The maximum absolute atomic E-state index is 4.38. The van der Waals surface area contributed by atoms with Crippen molar-refractivity contribution in [2.45, 2.75) is 32.7 Å². The van der Waals surface area contributed by atoms with Crippen molar-refractivity contribution < 1.29 is 0 Å². The van der Waals surface area contributed by atoms with Gasteiger partial charge in [-0.05, 0) is 38.5 Å². The fourth-order valence-electron chi connectivity index (χ4n) is 2.11. The number of hydrogen-bond acceptors (Lipinski definition) is 2. The average Bonchev–Trinajstić information content (AvgIpc) is 2.46. The molecule has 0 N–H and O–H groups in total. The minimum Gasteiger partial charge on any atom is -0.365 e. The van der Waals surface area contributed by atoms with Gasteiger partial charge in [0.2, 0.25) is 0 Å². The lowest BCUT2D eigenvalue weighted by molar-refractivity contribution is 0.300. The van der Waals surface area contributed by atoms with E-state index >= 15 is 0 Å². The summed E-state index contributed by atoms with van der Waals surface area (Å²) in [5, 5.41) is 0. The summed E-state index contributed by atoms with van der Waals surface area (Å²) in [5.41, 5.74) is 4.69. The van der Waals surface area contributed by atoms with Crippen molar-refractivity contribution in [3.8, 4) is 0 Å². The minimum atomic E-state index is 0.313. The maximum atomic E-state index is 4.38. The molecule has 0 spiro atoms. The average molecular weight is 289 g/mol. The van der Waals surface area contributed by atoms with Crippen molar-refractivity contribution >= 4 is 5.84 Å². The molecule has 21 heavy (non-hydrogen) atoms. The normalized spacial score (nSPS) is 13.2. The van der Waals surface area contributed by atoms with Crippen molar-refractivity contribution in [3.05, 3.63) is 42.2 Å². The summed E-state index contributed by atoms with van der Waals surface area (Å²) in [6, 6.07) is 0.313. The molecule has 0 heterocycles. The molecular formula is C18H31N3. The molecule has 0 amide bonds. The molecule has 0 saturated heterocycles. The Labute approximate surface area is 131 Å². The SMILES string of the molecule is C=C/C=C\C=C=C(CC)CCN(C)C(C)/C(=N\C)N(C)C. The second-order valence-corrected chi connectivity index (χ2v) is 5.27. The number of amidine groups is 1. The van der Waals surface area contributed by atoms with Crippen LogP contribution in [0.15, 0.2) is 47.2 Å². The fraction of sp³-hybridized carbons (Fsp3) is 0.556. The summed E-state index contributed by atoms with van der Waals surface area (Å²) in [6.45, 7) is 9.03. The zero-order chi connectivity index (χ0) is 16.3. The number of hydrogen-bond donors (Lipinski definition) is 0. The van der Waals surface area contributed by atoms with Crippen LogP contribution in [-0.2, 0) is 0 Å². The Hall–Kier alpha value is -1.57. The van der Waals surface area contributed by atoms with Crippen LogP contribution in [0.2, 0.25) is 0 Å². The number of likely N-dealkylation sites (N-methyl/N-ethyl adjacent to an activating group) is 2. The van der Waals surface area contributed by atoms with Crippen LogP contribution in [0.5, 0.6) is 0 Å². The molecule has 0 aliphatic heterocycles. The Balaban J connectivity index is 4.64. The van der Waals surface area contributed by atoms with Crippen LogP contribution in [0.1, 0.15) is 26.7 Å². The molecule has 1 atom stereocenters. The molecule has 0 rings (SSSR count). The molecule has 0 radical (unpaired) electrons. The molecule has 0 aliphatic rings. The Morgan fingerprint density at radius 3 is 2.43 bits per heavy atom. The van der Waals surface area contributed by atoms with Crippen molar-refractivity contribution in [1.29, 1.82) is 0 Å². The molecule has 0 aliphatic carbocycles. The van der Waals surface area contributed by atoms with Gasteiger partial charge < -0.3 is 4.90 Å². The van der Waals surface area contributed by atoms with Crippen molar-refractivity contribution in [2.75, 3.05) is 34.7 Å². The lowest BCUT2D eigenvalue weighted by Gasteiger charge is -2.29. The predicted molar refractivity (Wildman–Crippen MR) is 95.0 cm³/mol. The van der Waals surface area contributed by atoms with Gasteiger partial charge in [0, 0.05) is 27.7 Å². The molecule has 3 nitrogen and oxygen atoms in total. The molecule has 0 aromatic rings. The summed E-state index contributed by atoms with van der Waals surface area (Å²) < 4.78 is 0. The Kier molecular flexibility index (Phi) is 10.3. The third kappa shape index (κ3) is 7.69. The summed E-state index contributed by atoms with van der Waals surface area (Å²) in [7, 11) is 8.08. The van der Waals surface area contributed by atoms with E-state index in [1.807, 2.05) is 39.4 Å². The lowest BCUT2D eigenvalue weighted by Crippen LogP contribution is -2.43. The first kappa shape index (κ1) is 19.4.